The normalized spacial score (nSPS) is 11.2. The van der Waals surface area contributed by atoms with Gasteiger partial charge in [0.15, 0.2) is 0 Å². The molecule has 0 atom stereocenters. The molecule has 4 heteroatoms. The monoisotopic (exact) mass is 276 g/mol. The van der Waals surface area contributed by atoms with Gasteiger partial charge < -0.3 is 4.18 Å². The van der Waals surface area contributed by atoms with E-state index in [1.807, 2.05) is 12.1 Å². The lowest BCUT2D eigenvalue weighted by Gasteiger charge is -2.07. The molecule has 0 saturated heterocycles. The fourth-order valence-corrected chi connectivity index (χ4v) is 2.71. The summed E-state index contributed by atoms with van der Waals surface area (Å²) in [5, 5.41) is 0. The number of hydrogen-bond acceptors (Lipinski definition) is 3. The summed E-state index contributed by atoms with van der Waals surface area (Å²) in [7, 11) is -3.74. The molecule has 0 radical (unpaired) electrons. The van der Waals surface area contributed by atoms with Crippen LogP contribution in [0.1, 0.15) is 18.9 Å². The molecule has 2 aromatic rings. The van der Waals surface area contributed by atoms with Crippen LogP contribution in [0.25, 0.3) is 0 Å². The summed E-state index contributed by atoms with van der Waals surface area (Å²) in [6.07, 6.45) is 2.04. The van der Waals surface area contributed by atoms with Gasteiger partial charge >= 0.3 is 10.1 Å². The second kappa shape index (κ2) is 5.89. The summed E-state index contributed by atoms with van der Waals surface area (Å²) in [4.78, 5) is 0.160. The predicted molar refractivity (Wildman–Crippen MR) is 74.7 cm³/mol. The summed E-state index contributed by atoms with van der Waals surface area (Å²) in [5.41, 5.74) is 1.17. The lowest BCUT2D eigenvalue weighted by Crippen LogP contribution is -2.09. The van der Waals surface area contributed by atoms with Gasteiger partial charge in [0.1, 0.15) is 10.6 Å². The molecule has 0 fully saturated rings. The quantitative estimate of drug-likeness (QED) is 0.786. The zero-order chi connectivity index (χ0) is 13.7. The fourth-order valence-electron chi connectivity index (χ4n) is 1.76. The standard InChI is InChI=1S/C15H16O3S/c1-2-6-13-9-11-14(12-10-13)18-19(16,17)15-7-4-3-5-8-15/h3-5,7-12H,2,6H2,1H3. The lowest BCUT2D eigenvalue weighted by molar-refractivity contribution is 0.486. The fraction of sp³-hybridized carbons (Fsp3) is 0.200. The molecule has 19 heavy (non-hydrogen) atoms. The smallest absolute Gasteiger partial charge is 0.339 e. The Bertz CT molecular complexity index is 616. The Morgan fingerprint density at radius 2 is 1.58 bits per heavy atom. The van der Waals surface area contributed by atoms with Crippen LogP contribution in [0, 0.1) is 0 Å². The van der Waals surface area contributed by atoms with Crippen molar-refractivity contribution in [3.05, 3.63) is 60.2 Å². The maximum Gasteiger partial charge on any atom is 0.339 e. The summed E-state index contributed by atoms with van der Waals surface area (Å²) >= 11 is 0. The van der Waals surface area contributed by atoms with Crippen LogP contribution in [0.15, 0.2) is 59.5 Å². The Balaban J connectivity index is 2.17. The van der Waals surface area contributed by atoms with Gasteiger partial charge in [0.2, 0.25) is 0 Å². The number of hydrogen-bond donors (Lipinski definition) is 0. The molecule has 0 N–H and O–H groups in total. The van der Waals surface area contributed by atoms with Crippen LogP contribution < -0.4 is 4.18 Å². The van der Waals surface area contributed by atoms with Crippen LogP contribution in [0.3, 0.4) is 0 Å². The number of aryl methyl sites for hydroxylation is 1. The Morgan fingerprint density at radius 1 is 0.947 bits per heavy atom. The summed E-state index contributed by atoms with van der Waals surface area (Å²) in [5.74, 6) is 0.337. The van der Waals surface area contributed by atoms with Gasteiger partial charge in [0.25, 0.3) is 0 Å². The van der Waals surface area contributed by atoms with Crippen LogP contribution in [0.2, 0.25) is 0 Å². The topological polar surface area (TPSA) is 43.4 Å². The maximum absolute atomic E-state index is 12.0. The van der Waals surface area contributed by atoms with Crippen molar-refractivity contribution >= 4 is 10.1 Å². The van der Waals surface area contributed by atoms with E-state index in [4.69, 9.17) is 4.18 Å². The van der Waals surface area contributed by atoms with Crippen LogP contribution in [0.4, 0.5) is 0 Å². The van der Waals surface area contributed by atoms with Crippen LogP contribution >= 0.6 is 0 Å². The van der Waals surface area contributed by atoms with E-state index < -0.39 is 10.1 Å². The number of benzene rings is 2. The van der Waals surface area contributed by atoms with Crippen LogP contribution in [0.5, 0.6) is 5.75 Å². The van der Waals surface area contributed by atoms with E-state index in [1.165, 1.54) is 17.7 Å². The van der Waals surface area contributed by atoms with E-state index in [0.717, 1.165) is 12.8 Å². The van der Waals surface area contributed by atoms with Gasteiger partial charge in [-0.3, -0.25) is 0 Å². The van der Waals surface area contributed by atoms with Crippen molar-refractivity contribution in [3.63, 3.8) is 0 Å². The molecule has 0 spiro atoms. The Labute approximate surface area is 114 Å². The van der Waals surface area contributed by atoms with Crippen molar-refractivity contribution in [2.24, 2.45) is 0 Å². The summed E-state index contributed by atoms with van der Waals surface area (Å²) in [6.45, 7) is 2.10. The van der Waals surface area contributed by atoms with E-state index in [2.05, 4.69) is 6.92 Å². The average molecular weight is 276 g/mol. The van der Waals surface area contributed by atoms with Gasteiger partial charge in [-0.2, -0.15) is 8.42 Å². The first-order chi connectivity index (χ1) is 9.12. The van der Waals surface area contributed by atoms with Crippen LogP contribution in [-0.4, -0.2) is 8.42 Å². The molecule has 3 nitrogen and oxygen atoms in total. The largest absolute Gasteiger partial charge is 0.379 e. The predicted octanol–water partition coefficient (Wildman–Crippen LogP) is 3.41. The molecule has 0 amide bonds. The third-order valence-electron chi connectivity index (χ3n) is 2.70. The molecule has 0 aliphatic heterocycles. The van der Waals surface area contributed by atoms with Gasteiger partial charge in [0, 0.05) is 0 Å². The Kier molecular flexibility index (Phi) is 4.22. The minimum Gasteiger partial charge on any atom is -0.379 e. The highest BCUT2D eigenvalue weighted by molar-refractivity contribution is 7.87. The molecule has 0 bridgehead atoms. The van der Waals surface area contributed by atoms with Crippen molar-refractivity contribution < 1.29 is 12.6 Å². The first-order valence-corrected chi connectivity index (χ1v) is 7.61. The highest BCUT2D eigenvalue weighted by atomic mass is 32.2. The van der Waals surface area contributed by atoms with Crippen molar-refractivity contribution in [1.29, 1.82) is 0 Å². The zero-order valence-corrected chi connectivity index (χ0v) is 11.6. The van der Waals surface area contributed by atoms with Gasteiger partial charge in [-0.25, -0.2) is 0 Å². The Hall–Kier alpha value is -1.81. The average Bonchev–Trinajstić information content (AvgIpc) is 2.42. The minimum atomic E-state index is -3.74. The molecular weight excluding hydrogens is 260 g/mol. The first-order valence-electron chi connectivity index (χ1n) is 6.20. The van der Waals surface area contributed by atoms with Crippen molar-refractivity contribution in [1.82, 2.24) is 0 Å². The maximum atomic E-state index is 12.0. The summed E-state index contributed by atoms with van der Waals surface area (Å²) < 4.78 is 29.1. The van der Waals surface area contributed by atoms with E-state index >= 15 is 0 Å². The summed E-state index contributed by atoms with van der Waals surface area (Å²) in [6, 6.07) is 15.3. The van der Waals surface area contributed by atoms with Crippen molar-refractivity contribution in [3.8, 4) is 5.75 Å². The van der Waals surface area contributed by atoms with E-state index in [-0.39, 0.29) is 4.90 Å². The molecule has 0 unspecified atom stereocenters. The van der Waals surface area contributed by atoms with E-state index in [0.29, 0.717) is 5.75 Å². The second-order valence-electron chi connectivity index (χ2n) is 4.24. The molecule has 0 aliphatic rings. The number of rotatable bonds is 5. The SMILES string of the molecule is CCCc1ccc(OS(=O)(=O)c2ccccc2)cc1. The molecule has 0 aromatic heterocycles. The molecule has 100 valence electrons. The minimum absolute atomic E-state index is 0.160. The van der Waals surface area contributed by atoms with Gasteiger partial charge in [-0.05, 0) is 36.2 Å². The highest BCUT2D eigenvalue weighted by Gasteiger charge is 2.15. The highest BCUT2D eigenvalue weighted by Crippen LogP contribution is 2.19. The van der Waals surface area contributed by atoms with Gasteiger partial charge in [-0.1, -0.05) is 43.7 Å². The zero-order valence-electron chi connectivity index (χ0n) is 10.7. The third kappa shape index (κ3) is 3.58. The van der Waals surface area contributed by atoms with Gasteiger partial charge in [-0.15, -0.1) is 0 Å². The lowest BCUT2D eigenvalue weighted by atomic mass is 10.1. The first kappa shape index (κ1) is 13.6. The van der Waals surface area contributed by atoms with E-state index in [9.17, 15) is 8.42 Å². The second-order valence-corrected chi connectivity index (χ2v) is 5.79. The van der Waals surface area contributed by atoms with Crippen LogP contribution in [-0.2, 0) is 16.5 Å². The van der Waals surface area contributed by atoms with Gasteiger partial charge in [0.05, 0.1) is 0 Å². The molecule has 0 aliphatic carbocycles. The van der Waals surface area contributed by atoms with E-state index in [1.54, 1.807) is 30.3 Å². The Morgan fingerprint density at radius 3 is 2.16 bits per heavy atom. The molecular formula is C15H16O3S. The third-order valence-corrected chi connectivity index (χ3v) is 3.96. The molecule has 2 rings (SSSR count). The molecule has 0 heterocycles. The van der Waals surface area contributed by atoms with Crippen molar-refractivity contribution in [2.45, 2.75) is 24.7 Å². The van der Waals surface area contributed by atoms with Crippen molar-refractivity contribution in [2.75, 3.05) is 0 Å². The molecule has 2 aromatic carbocycles. The molecule has 0 saturated carbocycles.